The summed E-state index contributed by atoms with van der Waals surface area (Å²) in [6.45, 7) is 3.28. The number of ketones is 1. The van der Waals surface area contributed by atoms with E-state index in [1.165, 1.54) is 6.92 Å². The Bertz CT molecular complexity index is 673. The van der Waals surface area contributed by atoms with Crippen LogP contribution in [0.3, 0.4) is 0 Å². The molecule has 0 aromatic heterocycles. The molecular weight excluding hydrogens is 292 g/mol. The molecule has 1 aromatic rings. The van der Waals surface area contributed by atoms with Gasteiger partial charge in [0.05, 0.1) is 17.6 Å². The van der Waals surface area contributed by atoms with Crippen molar-refractivity contribution in [2.75, 3.05) is 0 Å². The number of rotatable bonds is 2. The minimum absolute atomic E-state index is 0.0373. The number of hydrogen-bond donors (Lipinski definition) is 1. The molecule has 1 unspecified atom stereocenters. The highest BCUT2D eigenvalue weighted by molar-refractivity contribution is 7.84. The second-order valence-corrected chi connectivity index (χ2v) is 5.52. The van der Waals surface area contributed by atoms with Crippen LogP contribution in [0, 0.1) is 17.2 Å². The van der Waals surface area contributed by atoms with E-state index >= 15 is 0 Å². The van der Waals surface area contributed by atoms with E-state index in [0.717, 1.165) is 5.56 Å². The number of nitrogens with zero attached hydrogens (tertiary/aromatic N) is 2. The number of benzene rings is 1. The molecule has 0 radical (unpaired) electrons. The summed E-state index contributed by atoms with van der Waals surface area (Å²) in [6.07, 6.45) is 0. The smallest absolute Gasteiger partial charge is 0.139 e. The van der Waals surface area contributed by atoms with Crippen LogP contribution in [0.25, 0.3) is 0 Å². The van der Waals surface area contributed by atoms with Crippen LogP contribution in [0.1, 0.15) is 25.3 Å². The molecule has 20 heavy (non-hydrogen) atoms. The predicted molar refractivity (Wildman–Crippen MR) is 83.1 cm³/mol. The second kappa shape index (κ2) is 5.82. The van der Waals surface area contributed by atoms with Gasteiger partial charge in [-0.2, -0.15) is 5.26 Å². The molecule has 0 spiro atoms. The average molecular weight is 305 g/mol. The molecular formula is C15H13ClN2OS. The molecule has 1 heterocycles. The van der Waals surface area contributed by atoms with Gasteiger partial charge in [0.2, 0.25) is 0 Å². The molecule has 102 valence electrons. The van der Waals surface area contributed by atoms with Crippen LogP contribution in [-0.4, -0.2) is 11.5 Å². The van der Waals surface area contributed by atoms with Crippen LogP contribution in [0.4, 0.5) is 0 Å². The number of carbonyl (C=O) groups excluding carboxylic acids is 1. The topological polar surface area (TPSA) is 53.2 Å². The van der Waals surface area contributed by atoms with Crippen LogP contribution in [-0.2, 0) is 4.79 Å². The highest BCUT2D eigenvalue weighted by Gasteiger charge is 2.37. The number of thiol groups is 1. The molecule has 5 heteroatoms. The first-order valence-electron chi connectivity index (χ1n) is 6.10. The number of aliphatic imine (C=N–C) groups is 1. The average Bonchev–Trinajstić information content (AvgIpc) is 2.38. The maximum Gasteiger partial charge on any atom is 0.139 e. The van der Waals surface area contributed by atoms with E-state index in [9.17, 15) is 10.1 Å². The van der Waals surface area contributed by atoms with E-state index in [0.29, 0.717) is 21.3 Å². The molecule has 1 aromatic carbocycles. The van der Waals surface area contributed by atoms with Crippen molar-refractivity contribution in [3.8, 4) is 6.07 Å². The lowest BCUT2D eigenvalue weighted by Crippen LogP contribution is -2.31. The van der Waals surface area contributed by atoms with Crippen LogP contribution < -0.4 is 0 Å². The van der Waals surface area contributed by atoms with Gasteiger partial charge in [-0.15, -0.1) is 12.6 Å². The molecule has 0 N–H and O–H groups in total. The Morgan fingerprint density at radius 1 is 1.45 bits per heavy atom. The van der Waals surface area contributed by atoms with Gasteiger partial charge in [-0.25, -0.2) is 4.99 Å². The lowest BCUT2D eigenvalue weighted by molar-refractivity contribution is -0.119. The summed E-state index contributed by atoms with van der Waals surface area (Å²) in [4.78, 5) is 16.2. The molecule has 2 atom stereocenters. The summed E-state index contributed by atoms with van der Waals surface area (Å²) in [5.41, 5.74) is 1.80. The lowest BCUT2D eigenvalue weighted by Gasteiger charge is -2.29. The summed E-state index contributed by atoms with van der Waals surface area (Å²) in [5, 5.41) is 10.3. The van der Waals surface area contributed by atoms with Crippen LogP contribution >= 0.6 is 24.2 Å². The Hall–Kier alpha value is -1.57. The molecule has 0 saturated carbocycles. The normalized spacial score (nSPS) is 22.2. The minimum atomic E-state index is -0.472. The summed E-state index contributed by atoms with van der Waals surface area (Å²) < 4.78 is 0. The standard InChI is InChI=1S/C15H13ClN2OS/c1-8-13(9(2)19)14(11(7-17)15(20)18-8)10-5-3-4-6-12(10)16/h3-6,13-14,20H,1-2H3/t13?,14-/m1/s1. The maximum absolute atomic E-state index is 12.0. The minimum Gasteiger partial charge on any atom is -0.299 e. The number of allylic oxidation sites excluding steroid dienone is 1. The number of Topliss-reactive ketones (excluding diaryl/α,β-unsaturated/α-hetero) is 1. The van der Waals surface area contributed by atoms with Crippen molar-refractivity contribution in [3.63, 3.8) is 0 Å². The fraction of sp³-hybridized carbons (Fsp3) is 0.267. The third kappa shape index (κ3) is 2.52. The first-order valence-corrected chi connectivity index (χ1v) is 6.93. The van der Waals surface area contributed by atoms with E-state index in [1.54, 1.807) is 13.0 Å². The molecule has 0 amide bonds. The quantitative estimate of drug-likeness (QED) is 0.846. The van der Waals surface area contributed by atoms with Gasteiger partial charge in [0.1, 0.15) is 10.8 Å². The molecule has 2 rings (SSSR count). The SMILES string of the molecule is CC(=O)C1C(C)=NC(S)=C(C#N)[C@H]1c1ccccc1Cl. The van der Waals surface area contributed by atoms with Gasteiger partial charge in [0.25, 0.3) is 0 Å². The van der Waals surface area contributed by atoms with Crippen LogP contribution in [0.2, 0.25) is 5.02 Å². The second-order valence-electron chi connectivity index (χ2n) is 4.69. The highest BCUT2D eigenvalue weighted by atomic mass is 35.5. The van der Waals surface area contributed by atoms with Gasteiger partial charge < -0.3 is 0 Å². The zero-order valence-electron chi connectivity index (χ0n) is 11.1. The fourth-order valence-corrected chi connectivity index (χ4v) is 3.15. The Morgan fingerprint density at radius 3 is 2.65 bits per heavy atom. The van der Waals surface area contributed by atoms with Gasteiger partial charge in [0.15, 0.2) is 0 Å². The van der Waals surface area contributed by atoms with E-state index in [2.05, 4.69) is 23.7 Å². The van der Waals surface area contributed by atoms with Gasteiger partial charge in [-0.05, 0) is 25.5 Å². The van der Waals surface area contributed by atoms with Gasteiger partial charge in [-0.1, -0.05) is 29.8 Å². The first kappa shape index (κ1) is 14.8. The molecule has 0 fully saturated rings. The number of carbonyl (C=O) groups is 1. The third-order valence-electron chi connectivity index (χ3n) is 3.42. The predicted octanol–water partition coefficient (Wildman–Crippen LogP) is 3.77. The summed E-state index contributed by atoms with van der Waals surface area (Å²) in [5.74, 6) is -0.929. The largest absolute Gasteiger partial charge is 0.299 e. The lowest BCUT2D eigenvalue weighted by atomic mass is 9.75. The zero-order chi connectivity index (χ0) is 14.9. The van der Waals surface area contributed by atoms with E-state index in [-0.39, 0.29) is 5.78 Å². The van der Waals surface area contributed by atoms with Crippen molar-refractivity contribution in [3.05, 3.63) is 45.5 Å². The maximum atomic E-state index is 12.0. The molecule has 1 aliphatic rings. The van der Waals surface area contributed by atoms with E-state index in [1.807, 2.05) is 18.2 Å². The van der Waals surface area contributed by atoms with Crippen molar-refractivity contribution >= 4 is 35.7 Å². The van der Waals surface area contributed by atoms with Crippen molar-refractivity contribution in [2.24, 2.45) is 10.9 Å². The number of nitriles is 1. The molecule has 0 aliphatic carbocycles. The Kier molecular flexibility index (Phi) is 4.32. The summed E-state index contributed by atoms with van der Waals surface area (Å²) >= 11 is 10.5. The molecule has 1 aliphatic heterocycles. The fourth-order valence-electron chi connectivity index (χ4n) is 2.55. The van der Waals surface area contributed by atoms with Crippen molar-refractivity contribution < 1.29 is 4.79 Å². The van der Waals surface area contributed by atoms with Gasteiger partial charge in [-0.3, -0.25) is 4.79 Å². The van der Waals surface area contributed by atoms with Crippen LogP contribution in [0.5, 0.6) is 0 Å². The first-order chi connectivity index (χ1) is 9.47. The summed E-state index contributed by atoms with van der Waals surface area (Å²) in [7, 11) is 0. The van der Waals surface area contributed by atoms with Crippen molar-refractivity contribution in [2.45, 2.75) is 19.8 Å². The van der Waals surface area contributed by atoms with E-state index in [4.69, 9.17) is 11.6 Å². The zero-order valence-corrected chi connectivity index (χ0v) is 12.7. The van der Waals surface area contributed by atoms with Gasteiger partial charge >= 0.3 is 0 Å². The Morgan fingerprint density at radius 2 is 2.10 bits per heavy atom. The molecule has 0 saturated heterocycles. The third-order valence-corrected chi connectivity index (χ3v) is 4.10. The van der Waals surface area contributed by atoms with Crippen molar-refractivity contribution in [1.29, 1.82) is 5.26 Å². The van der Waals surface area contributed by atoms with Crippen molar-refractivity contribution in [1.82, 2.24) is 0 Å². The monoisotopic (exact) mass is 304 g/mol. The van der Waals surface area contributed by atoms with E-state index < -0.39 is 11.8 Å². The molecule has 0 bridgehead atoms. The van der Waals surface area contributed by atoms with Gasteiger partial charge in [0, 0.05) is 16.7 Å². The Labute approximate surface area is 128 Å². The summed E-state index contributed by atoms with van der Waals surface area (Å²) in [6, 6.07) is 9.36. The Balaban J connectivity index is 2.68. The molecule has 3 nitrogen and oxygen atoms in total. The highest BCUT2D eigenvalue weighted by Crippen LogP contribution is 2.42. The number of halogens is 1. The van der Waals surface area contributed by atoms with Crippen LogP contribution in [0.15, 0.2) is 39.9 Å². The number of hydrogen-bond acceptors (Lipinski definition) is 4.